The number of nitrogens with zero attached hydrogens (tertiary/aromatic N) is 1. The summed E-state index contributed by atoms with van der Waals surface area (Å²) in [5.74, 6) is 3.60. The van der Waals surface area contributed by atoms with Crippen LogP contribution in [0.1, 0.15) is 33.0 Å². The molecule has 0 radical (unpaired) electrons. The van der Waals surface area contributed by atoms with Crippen molar-refractivity contribution in [3.63, 3.8) is 0 Å². The highest BCUT2D eigenvalue weighted by atomic mass is 16.2. The van der Waals surface area contributed by atoms with Gasteiger partial charge in [0.1, 0.15) is 5.92 Å². The van der Waals surface area contributed by atoms with E-state index in [1.165, 1.54) is 0 Å². The van der Waals surface area contributed by atoms with Gasteiger partial charge in [-0.05, 0) is 11.1 Å². The first-order chi connectivity index (χ1) is 13.2. The van der Waals surface area contributed by atoms with Gasteiger partial charge in [0.15, 0.2) is 11.6 Å². The van der Waals surface area contributed by atoms with E-state index < -0.39 is 11.8 Å². The van der Waals surface area contributed by atoms with Gasteiger partial charge in [-0.2, -0.15) is 5.10 Å². The lowest BCUT2D eigenvalue weighted by molar-refractivity contribution is -0.120. The molecular formula is C23H18N2O2. The quantitative estimate of drug-likeness (QED) is 0.442. The number of carbonyl (C=O) groups is 2. The Morgan fingerprint density at radius 3 is 1.78 bits per heavy atom. The molecule has 0 saturated heterocycles. The number of benzene rings is 3. The highest BCUT2D eigenvalue weighted by molar-refractivity contribution is 6.37. The Morgan fingerprint density at radius 2 is 1.26 bits per heavy atom. The summed E-state index contributed by atoms with van der Waals surface area (Å²) in [5, 5.41) is 3.83. The summed E-state index contributed by atoms with van der Waals surface area (Å²) in [6.45, 7) is 0. The van der Waals surface area contributed by atoms with Crippen LogP contribution >= 0.6 is 0 Å². The van der Waals surface area contributed by atoms with Gasteiger partial charge in [-0.3, -0.25) is 9.59 Å². The van der Waals surface area contributed by atoms with Gasteiger partial charge in [-0.15, -0.1) is 0 Å². The molecule has 0 amide bonds. The van der Waals surface area contributed by atoms with Gasteiger partial charge in [0.25, 0.3) is 0 Å². The molecule has 0 spiro atoms. The molecule has 0 saturated carbocycles. The zero-order valence-corrected chi connectivity index (χ0v) is 14.6. The molecule has 0 heterocycles. The topological polar surface area (TPSA) is 72.5 Å². The van der Waals surface area contributed by atoms with Crippen molar-refractivity contribution in [2.45, 2.75) is 5.92 Å². The molecule has 0 aromatic heterocycles. The van der Waals surface area contributed by atoms with Gasteiger partial charge in [-0.25, -0.2) is 0 Å². The summed E-state index contributed by atoms with van der Waals surface area (Å²) in [7, 11) is 0. The van der Waals surface area contributed by atoms with Crippen molar-refractivity contribution in [3.8, 4) is 0 Å². The highest BCUT2D eigenvalue weighted by Gasteiger charge is 2.44. The maximum Gasteiger partial charge on any atom is 0.180 e. The minimum atomic E-state index is -0.988. The molecule has 4 nitrogen and oxygen atoms in total. The SMILES string of the molecule is N/N=C1/c2ccccc2C(=O)C1C(=O)C(c1ccccc1)c1ccccc1. The third kappa shape index (κ3) is 2.85. The van der Waals surface area contributed by atoms with Crippen LogP contribution in [0.15, 0.2) is 90.0 Å². The Bertz CT molecular complexity index is 987. The predicted molar refractivity (Wildman–Crippen MR) is 105 cm³/mol. The van der Waals surface area contributed by atoms with Crippen molar-refractivity contribution < 1.29 is 9.59 Å². The maximum atomic E-state index is 13.6. The van der Waals surface area contributed by atoms with Crippen LogP contribution in [-0.2, 0) is 4.79 Å². The van der Waals surface area contributed by atoms with E-state index in [1.807, 2.05) is 66.7 Å². The van der Waals surface area contributed by atoms with Gasteiger partial charge >= 0.3 is 0 Å². The molecule has 27 heavy (non-hydrogen) atoms. The van der Waals surface area contributed by atoms with Gasteiger partial charge in [0.2, 0.25) is 0 Å². The first-order valence-corrected chi connectivity index (χ1v) is 8.77. The fourth-order valence-corrected chi connectivity index (χ4v) is 3.74. The molecule has 2 N–H and O–H groups in total. The average Bonchev–Trinajstić information content (AvgIpc) is 3.02. The molecule has 0 aliphatic heterocycles. The largest absolute Gasteiger partial charge is 0.323 e. The van der Waals surface area contributed by atoms with E-state index in [2.05, 4.69) is 5.10 Å². The Morgan fingerprint density at radius 1 is 0.778 bits per heavy atom. The van der Waals surface area contributed by atoms with Crippen LogP contribution in [0.3, 0.4) is 0 Å². The lowest BCUT2D eigenvalue weighted by Gasteiger charge is -2.20. The summed E-state index contributed by atoms with van der Waals surface area (Å²) in [5.41, 5.74) is 3.17. The molecule has 3 aromatic carbocycles. The third-order valence-corrected chi connectivity index (χ3v) is 4.98. The van der Waals surface area contributed by atoms with Gasteiger partial charge in [0.05, 0.1) is 11.6 Å². The van der Waals surface area contributed by atoms with E-state index in [4.69, 9.17) is 5.84 Å². The van der Waals surface area contributed by atoms with Crippen molar-refractivity contribution in [2.24, 2.45) is 16.9 Å². The number of carbonyl (C=O) groups excluding carboxylic acids is 2. The Labute approximate surface area is 157 Å². The lowest BCUT2D eigenvalue weighted by Crippen LogP contribution is -2.32. The van der Waals surface area contributed by atoms with Crippen LogP contribution in [0.2, 0.25) is 0 Å². The molecule has 1 aliphatic rings. The minimum absolute atomic E-state index is 0.210. The van der Waals surface area contributed by atoms with Crippen LogP contribution in [0, 0.1) is 5.92 Å². The van der Waals surface area contributed by atoms with Crippen LogP contribution in [0.25, 0.3) is 0 Å². The van der Waals surface area contributed by atoms with Crippen molar-refractivity contribution in [3.05, 3.63) is 107 Å². The number of rotatable bonds is 4. The van der Waals surface area contributed by atoms with Crippen LogP contribution in [0.5, 0.6) is 0 Å². The Kier molecular flexibility index (Phi) is 4.38. The molecule has 0 fully saturated rings. The molecular weight excluding hydrogens is 336 g/mol. The normalized spacial score (nSPS) is 17.3. The van der Waals surface area contributed by atoms with Gasteiger partial charge in [-0.1, -0.05) is 84.9 Å². The monoisotopic (exact) mass is 354 g/mol. The summed E-state index contributed by atoms with van der Waals surface area (Å²) in [6, 6.07) is 26.1. The predicted octanol–water partition coefficient (Wildman–Crippen LogP) is 3.56. The first-order valence-electron chi connectivity index (χ1n) is 8.77. The standard InChI is InChI=1S/C23H18N2O2/c24-25-21-17-13-7-8-14-18(17)22(26)20(21)23(27)19(15-9-3-1-4-10-15)16-11-5-2-6-12-16/h1-14,19-20H,24H2/b25-21-. The fraction of sp³-hybridized carbons (Fsp3) is 0.0870. The van der Waals surface area contributed by atoms with Gasteiger partial charge in [0, 0.05) is 11.1 Å². The van der Waals surface area contributed by atoms with E-state index in [1.54, 1.807) is 18.2 Å². The zero-order chi connectivity index (χ0) is 18.8. The number of nitrogens with two attached hydrogens (primary N) is 1. The zero-order valence-electron chi connectivity index (χ0n) is 14.6. The molecule has 3 aromatic rings. The van der Waals surface area contributed by atoms with E-state index in [-0.39, 0.29) is 11.6 Å². The number of hydrogen-bond donors (Lipinski definition) is 1. The molecule has 4 heteroatoms. The summed E-state index contributed by atoms with van der Waals surface area (Å²) >= 11 is 0. The van der Waals surface area contributed by atoms with Crippen LogP contribution in [-0.4, -0.2) is 17.3 Å². The second kappa shape index (κ2) is 7.00. The maximum absolute atomic E-state index is 13.6. The first kappa shape index (κ1) is 16.9. The highest BCUT2D eigenvalue weighted by Crippen LogP contribution is 2.35. The number of Topliss-reactive ketones (excluding diaryl/α,β-unsaturated/α-hetero) is 2. The summed E-state index contributed by atoms with van der Waals surface area (Å²) in [6.07, 6.45) is 0. The molecule has 132 valence electrons. The second-order valence-electron chi connectivity index (χ2n) is 6.51. The summed E-state index contributed by atoms with van der Waals surface area (Å²) in [4.78, 5) is 26.7. The van der Waals surface area contributed by atoms with Crippen LogP contribution in [0.4, 0.5) is 0 Å². The van der Waals surface area contributed by atoms with E-state index >= 15 is 0 Å². The van der Waals surface area contributed by atoms with Gasteiger partial charge < -0.3 is 5.84 Å². The molecule has 1 unspecified atom stereocenters. The van der Waals surface area contributed by atoms with Crippen LogP contribution < -0.4 is 5.84 Å². The van der Waals surface area contributed by atoms with Crippen molar-refractivity contribution in [2.75, 3.05) is 0 Å². The average molecular weight is 354 g/mol. The lowest BCUT2D eigenvalue weighted by atomic mass is 9.80. The Hall–Kier alpha value is -3.53. The van der Waals surface area contributed by atoms with E-state index in [9.17, 15) is 9.59 Å². The van der Waals surface area contributed by atoms with Crippen molar-refractivity contribution >= 4 is 17.3 Å². The molecule has 1 atom stereocenters. The number of hydrazone groups is 1. The summed E-state index contributed by atoms with van der Waals surface area (Å²) < 4.78 is 0. The van der Waals surface area contributed by atoms with Crippen molar-refractivity contribution in [1.82, 2.24) is 0 Å². The van der Waals surface area contributed by atoms with Crippen molar-refractivity contribution in [1.29, 1.82) is 0 Å². The second-order valence-corrected chi connectivity index (χ2v) is 6.51. The van der Waals surface area contributed by atoms with E-state index in [0.717, 1.165) is 11.1 Å². The number of fused-ring (bicyclic) bond motifs is 1. The number of ketones is 2. The minimum Gasteiger partial charge on any atom is -0.323 e. The third-order valence-electron chi connectivity index (χ3n) is 4.98. The fourth-order valence-electron chi connectivity index (χ4n) is 3.74. The molecule has 1 aliphatic carbocycles. The number of hydrogen-bond acceptors (Lipinski definition) is 4. The molecule has 4 rings (SSSR count). The Balaban J connectivity index is 1.83. The van der Waals surface area contributed by atoms with E-state index in [0.29, 0.717) is 16.8 Å². The molecule has 0 bridgehead atoms. The smallest absolute Gasteiger partial charge is 0.180 e.